The van der Waals surface area contributed by atoms with E-state index in [1.165, 1.54) is 65.3 Å². The number of nitrogens with one attached hydrogen (secondary N) is 3. The van der Waals surface area contributed by atoms with Crippen LogP contribution in [0.25, 0.3) is 76.2 Å². The van der Waals surface area contributed by atoms with E-state index in [4.69, 9.17) is 4.42 Å². The first-order valence-corrected chi connectivity index (χ1v) is 18.4. The van der Waals surface area contributed by atoms with E-state index in [1.807, 2.05) is 12.1 Å². The molecule has 252 valence electrons. The average Bonchev–Trinajstić information content (AvgIpc) is 3.62. The van der Waals surface area contributed by atoms with E-state index in [9.17, 15) is 0 Å². The molecule has 53 heavy (non-hydrogen) atoms. The summed E-state index contributed by atoms with van der Waals surface area (Å²) in [5.41, 5.74) is 7.76. The Morgan fingerprint density at radius 2 is 0.925 bits per heavy atom. The molecule has 0 bridgehead atoms. The molecule has 0 saturated carbocycles. The summed E-state index contributed by atoms with van der Waals surface area (Å²) in [7, 11) is 0. The number of benzene rings is 9. The van der Waals surface area contributed by atoms with Crippen LogP contribution in [0, 0.1) is 0 Å². The second-order valence-corrected chi connectivity index (χ2v) is 14.2. The normalized spacial score (nSPS) is 17.8. The topological polar surface area (TPSA) is 49.2 Å². The summed E-state index contributed by atoms with van der Waals surface area (Å²) in [6, 6.07) is 63.5. The number of para-hydroxylation sites is 1. The van der Waals surface area contributed by atoms with Gasteiger partial charge in [0.25, 0.3) is 0 Å². The molecule has 0 radical (unpaired) electrons. The molecule has 1 aliphatic rings. The van der Waals surface area contributed by atoms with Gasteiger partial charge in [-0.15, -0.1) is 0 Å². The first-order chi connectivity index (χ1) is 26.2. The van der Waals surface area contributed by atoms with Crippen molar-refractivity contribution in [1.29, 1.82) is 0 Å². The second kappa shape index (κ2) is 12.1. The minimum atomic E-state index is -0.126. The standard InChI is InChI=1S/C49H35N3O/c1-3-12-36-30(10-1)22-25-34-28-35(26-27-38(34)36)48-50-47(51-49(52-48)43-29-33-11-2-4-13-37(33)40-14-5-6-15-41(40)43)32-23-20-31(21-24-32)39-17-9-19-45-46(39)42-16-7-8-18-44(42)53-45/h1-29,47-52H. The van der Waals surface area contributed by atoms with Gasteiger partial charge in [0.05, 0.1) is 18.5 Å². The summed E-state index contributed by atoms with van der Waals surface area (Å²) in [6.07, 6.45) is -0.361. The SMILES string of the molecule is c1ccc2c(c1)ccc1cc(C3NC(c4ccc(-c5cccc6oc7ccccc7c56)cc4)NC(c4cc5ccccc5c5ccccc45)N3)ccc12. The smallest absolute Gasteiger partial charge is 0.136 e. The first-order valence-electron chi connectivity index (χ1n) is 18.4. The molecule has 4 heteroatoms. The maximum absolute atomic E-state index is 6.22. The summed E-state index contributed by atoms with van der Waals surface area (Å²) in [5, 5.41) is 24.3. The zero-order chi connectivity index (χ0) is 34.9. The van der Waals surface area contributed by atoms with Gasteiger partial charge in [-0.1, -0.05) is 152 Å². The summed E-state index contributed by atoms with van der Waals surface area (Å²) >= 11 is 0. The monoisotopic (exact) mass is 681 g/mol. The predicted molar refractivity (Wildman–Crippen MR) is 220 cm³/mol. The van der Waals surface area contributed by atoms with E-state index >= 15 is 0 Å². The maximum atomic E-state index is 6.22. The number of furan rings is 1. The van der Waals surface area contributed by atoms with Crippen molar-refractivity contribution in [3.05, 3.63) is 193 Å². The summed E-state index contributed by atoms with van der Waals surface area (Å²) in [4.78, 5) is 0. The Bertz CT molecular complexity index is 3020. The lowest BCUT2D eigenvalue weighted by Gasteiger charge is -2.40. The van der Waals surface area contributed by atoms with Gasteiger partial charge in [-0.2, -0.15) is 0 Å². The Kier molecular flexibility index (Phi) is 6.95. The minimum Gasteiger partial charge on any atom is -0.456 e. The molecular formula is C49H35N3O. The molecule has 3 N–H and O–H groups in total. The average molecular weight is 682 g/mol. The fourth-order valence-electron chi connectivity index (χ4n) is 8.61. The third-order valence-electron chi connectivity index (χ3n) is 11.2. The van der Waals surface area contributed by atoms with E-state index < -0.39 is 0 Å². The molecular weight excluding hydrogens is 647 g/mol. The van der Waals surface area contributed by atoms with Gasteiger partial charge >= 0.3 is 0 Å². The first kappa shape index (κ1) is 30.3. The Morgan fingerprint density at radius 3 is 1.75 bits per heavy atom. The van der Waals surface area contributed by atoms with Crippen molar-refractivity contribution in [2.75, 3.05) is 0 Å². The van der Waals surface area contributed by atoms with Crippen LogP contribution < -0.4 is 16.0 Å². The van der Waals surface area contributed by atoms with Gasteiger partial charge in [-0.05, 0) is 95.2 Å². The molecule has 2 heterocycles. The molecule has 0 aliphatic carbocycles. The minimum absolute atomic E-state index is 0.113. The van der Waals surface area contributed by atoms with E-state index in [2.05, 4.69) is 180 Å². The molecule has 4 nitrogen and oxygen atoms in total. The van der Waals surface area contributed by atoms with E-state index in [0.29, 0.717) is 0 Å². The van der Waals surface area contributed by atoms with E-state index in [0.717, 1.165) is 27.5 Å². The number of fused-ring (bicyclic) bond motifs is 9. The number of hydrogen-bond donors (Lipinski definition) is 3. The van der Waals surface area contributed by atoms with Gasteiger partial charge in [0.1, 0.15) is 11.2 Å². The molecule has 1 aliphatic heterocycles. The highest BCUT2D eigenvalue weighted by atomic mass is 16.3. The van der Waals surface area contributed by atoms with Crippen LogP contribution in [0.15, 0.2) is 180 Å². The van der Waals surface area contributed by atoms with Gasteiger partial charge in [0.2, 0.25) is 0 Å². The highest BCUT2D eigenvalue weighted by Crippen LogP contribution is 2.39. The Labute approximate surface area is 306 Å². The van der Waals surface area contributed by atoms with Crippen molar-refractivity contribution < 1.29 is 4.42 Å². The summed E-state index contributed by atoms with van der Waals surface area (Å²) in [5.74, 6) is 0. The van der Waals surface area contributed by atoms with Crippen LogP contribution in [-0.4, -0.2) is 0 Å². The van der Waals surface area contributed by atoms with Gasteiger partial charge in [0.15, 0.2) is 0 Å². The third-order valence-corrected chi connectivity index (χ3v) is 11.2. The van der Waals surface area contributed by atoms with E-state index in [-0.39, 0.29) is 18.5 Å². The van der Waals surface area contributed by atoms with Crippen LogP contribution in [0.2, 0.25) is 0 Å². The van der Waals surface area contributed by atoms with Crippen LogP contribution in [0.4, 0.5) is 0 Å². The fraction of sp³-hybridized carbons (Fsp3) is 0.0612. The molecule has 9 aromatic carbocycles. The molecule has 0 spiro atoms. The molecule has 1 aromatic heterocycles. The Morgan fingerprint density at radius 1 is 0.358 bits per heavy atom. The number of hydrogen-bond acceptors (Lipinski definition) is 4. The lowest BCUT2D eigenvalue weighted by molar-refractivity contribution is 0.204. The zero-order valence-electron chi connectivity index (χ0n) is 28.9. The lowest BCUT2D eigenvalue weighted by Crippen LogP contribution is -2.54. The largest absolute Gasteiger partial charge is 0.456 e. The van der Waals surface area contributed by atoms with E-state index in [1.54, 1.807) is 0 Å². The highest BCUT2D eigenvalue weighted by Gasteiger charge is 2.31. The van der Waals surface area contributed by atoms with Crippen molar-refractivity contribution in [2.45, 2.75) is 18.5 Å². The van der Waals surface area contributed by atoms with Gasteiger partial charge in [0, 0.05) is 10.8 Å². The van der Waals surface area contributed by atoms with Gasteiger partial charge in [-0.3, -0.25) is 16.0 Å². The van der Waals surface area contributed by atoms with Crippen LogP contribution in [-0.2, 0) is 0 Å². The summed E-state index contributed by atoms with van der Waals surface area (Å²) < 4.78 is 6.22. The highest BCUT2D eigenvalue weighted by molar-refractivity contribution is 6.12. The quantitative estimate of drug-likeness (QED) is 0.162. The Balaban J connectivity index is 1.02. The van der Waals surface area contributed by atoms with Crippen LogP contribution in [0.5, 0.6) is 0 Å². The zero-order valence-corrected chi connectivity index (χ0v) is 28.9. The maximum Gasteiger partial charge on any atom is 0.136 e. The molecule has 1 saturated heterocycles. The molecule has 3 atom stereocenters. The molecule has 1 fully saturated rings. The third kappa shape index (κ3) is 5.03. The van der Waals surface area contributed by atoms with Gasteiger partial charge in [-0.25, -0.2) is 0 Å². The van der Waals surface area contributed by atoms with Crippen LogP contribution >= 0.6 is 0 Å². The predicted octanol–water partition coefficient (Wildman–Crippen LogP) is 12.0. The van der Waals surface area contributed by atoms with Crippen molar-refractivity contribution >= 4 is 65.0 Å². The van der Waals surface area contributed by atoms with Crippen LogP contribution in [0.3, 0.4) is 0 Å². The molecule has 11 rings (SSSR count). The van der Waals surface area contributed by atoms with Crippen molar-refractivity contribution in [3.8, 4) is 11.1 Å². The van der Waals surface area contributed by atoms with Crippen molar-refractivity contribution in [3.63, 3.8) is 0 Å². The number of rotatable bonds is 4. The fourth-order valence-corrected chi connectivity index (χ4v) is 8.61. The Hall–Kier alpha value is -6.30. The summed E-state index contributed by atoms with van der Waals surface area (Å²) in [6.45, 7) is 0. The van der Waals surface area contributed by atoms with Gasteiger partial charge < -0.3 is 4.42 Å². The second-order valence-electron chi connectivity index (χ2n) is 14.2. The van der Waals surface area contributed by atoms with Crippen molar-refractivity contribution in [2.24, 2.45) is 0 Å². The molecule has 10 aromatic rings. The van der Waals surface area contributed by atoms with Crippen LogP contribution in [0.1, 0.15) is 35.2 Å². The van der Waals surface area contributed by atoms with Crippen molar-refractivity contribution in [1.82, 2.24) is 16.0 Å². The molecule has 0 amide bonds. The lowest BCUT2D eigenvalue weighted by atomic mass is 9.94. The molecule has 3 unspecified atom stereocenters.